The molecule has 1 amide bonds. The highest BCUT2D eigenvalue weighted by molar-refractivity contribution is 6.03. The molecule has 0 bridgehead atoms. The van der Waals surface area contributed by atoms with Crippen molar-refractivity contribution in [1.29, 1.82) is 0 Å². The van der Waals surface area contributed by atoms with Gasteiger partial charge in [0.15, 0.2) is 0 Å². The minimum absolute atomic E-state index is 0.0325. The molecule has 4 nitrogen and oxygen atoms in total. The molecule has 2 N–H and O–H groups in total. The lowest BCUT2D eigenvalue weighted by molar-refractivity contribution is 0.0711. The third-order valence-corrected chi connectivity index (χ3v) is 4.03. The summed E-state index contributed by atoms with van der Waals surface area (Å²) in [6.45, 7) is 2.69. The Hall–Kier alpha value is -2.07. The summed E-state index contributed by atoms with van der Waals surface area (Å²) in [4.78, 5) is 12.3. The molecule has 2 aromatic carbocycles. The topological polar surface area (TPSA) is 58.6 Å². The molecule has 1 aliphatic heterocycles. The molecule has 0 radical (unpaired) electrons. The van der Waals surface area contributed by atoms with Gasteiger partial charge in [0, 0.05) is 12.0 Å². The van der Waals surface area contributed by atoms with Crippen LogP contribution in [0.2, 0.25) is 0 Å². The maximum atomic E-state index is 12.3. The van der Waals surface area contributed by atoms with Crippen LogP contribution in [-0.4, -0.2) is 29.8 Å². The summed E-state index contributed by atoms with van der Waals surface area (Å²) >= 11 is 0. The molecule has 1 fully saturated rings. The van der Waals surface area contributed by atoms with Gasteiger partial charge in [0.25, 0.3) is 5.91 Å². The number of phenols is 1. The molecule has 110 valence electrons. The van der Waals surface area contributed by atoms with Gasteiger partial charge in [0.1, 0.15) is 5.75 Å². The van der Waals surface area contributed by atoms with Gasteiger partial charge < -0.3 is 15.2 Å². The smallest absolute Gasteiger partial charge is 0.255 e. The molecule has 1 saturated heterocycles. The maximum absolute atomic E-state index is 12.3. The van der Waals surface area contributed by atoms with E-state index < -0.39 is 0 Å². The molecule has 0 spiro atoms. The number of amides is 1. The number of nitrogens with one attached hydrogen (secondary N) is 1. The van der Waals surface area contributed by atoms with Gasteiger partial charge in [-0.05, 0) is 31.2 Å². The lowest BCUT2D eigenvalue weighted by Gasteiger charge is -2.20. The number of phenolic OH excluding ortho intramolecular Hbond substituents is 1. The fourth-order valence-corrected chi connectivity index (χ4v) is 2.81. The van der Waals surface area contributed by atoms with Crippen molar-refractivity contribution in [2.24, 2.45) is 0 Å². The second kappa shape index (κ2) is 5.74. The summed E-state index contributed by atoms with van der Waals surface area (Å²) in [5, 5.41) is 14.8. The van der Waals surface area contributed by atoms with E-state index in [1.54, 1.807) is 6.07 Å². The molecular weight excluding hydrogens is 266 g/mol. The van der Waals surface area contributed by atoms with Gasteiger partial charge >= 0.3 is 0 Å². The number of aromatic hydroxyl groups is 1. The minimum Gasteiger partial charge on any atom is -0.506 e. The van der Waals surface area contributed by atoms with Crippen molar-refractivity contribution in [3.8, 4) is 5.75 Å². The van der Waals surface area contributed by atoms with Crippen molar-refractivity contribution in [3.63, 3.8) is 0 Å². The summed E-state index contributed by atoms with van der Waals surface area (Å²) in [6, 6.07) is 10.9. The van der Waals surface area contributed by atoms with Gasteiger partial charge in [-0.1, -0.05) is 30.3 Å². The highest BCUT2D eigenvalue weighted by Crippen LogP contribution is 2.28. The summed E-state index contributed by atoms with van der Waals surface area (Å²) in [7, 11) is 0. The summed E-state index contributed by atoms with van der Waals surface area (Å²) in [5.41, 5.74) is 0.304. The average Bonchev–Trinajstić information content (AvgIpc) is 3.02. The fraction of sp³-hybridized carbons (Fsp3) is 0.353. The van der Waals surface area contributed by atoms with Gasteiger partial charge in [-0.15, -0.1) is 0 Å². The molecule has 0 saturated carbocycles. The molecule has 2 atom stereocenters. The second-order valence-electron chi connectivity index (χ2n) is 5.50. The normalized spacial score (nSPS) is 19.6. The number of carbonyl (C=O) groups excluding carboxylic acids is 1. The zero-order valence-electron chi connectivity index (χ0n) is 12.0. The van der Waals surface area contributed by atoms with Crippen LogP contribution in [0.4, 0.5) is 0 Å². The second-order valence-corrected chi connectivity index (χ2v) is 5.50. The number of benzene rings is 2. The Labute approximate surface area is 123 Å². The molecule has 1 aliphatic rings. The zero-order valence-corrected chi connectivity index (χ0v) is 12.0. The van der Waals surface area contributed by atoms with Crippen LogP contribution in [0.25, 0.3) is 10.8 Å². The lowest BCUT2D eigenvalue weighted by atomic mass is 10.0. The van der Waals surface area contributed by atoms with Gasteiger partial charge in [-0.2, -0.15) is 0 Å². The third-order valence-electron chi connectivity index (χ3n) is 4.03. The van der Waals surface area contributed by atoms with Crippen LogP contribution in [-0.2, 0) is 4.74 Å². The monoisotopic (exact) mass is 285 g/mol. The SMILES string of the molecule is CC(NC(=O)c1ccc2ccccc2c1O)C1CCCO1. The zero-order chi connectivity index (χ0) is 14.8. The van der Waals surface area contributed by atoms with E-state index in [1.807, 2.05) is 37.3 Å². The number of fused-ring (bicyclic) bond motifs is 1. The van der Waals surface area contributed by atoms with Gasteiger partial charge in [-0.3, -0.25) is 4.79 Å². The fourth-order valence-electron chi connectivity index (χ4n) is 2.81. The van der Waals surface area contributed by atoms with E-state index in [9.17, 15) is 9.90 Å². The van der Waals surface area contributed by atoms with E-state index in [-0.39, 0.29) is 23.8 Å². The molecule has 2 aromatic rings. The third kappa shape index (κ3) is 2.72. The summed E-state index contributed by atoms with van der Waals surface area (Å²) in [6.07, 6.45) is 2.06. The van der Waals surface area contributed by atoms with Gasteiger partial charge in [0.2, 0.25) is 0 Å². The predicted molar refractivity (Wildman–Crippen MR) is 81.5 cm³/mol. The first kappa shape index (κ1) is 13.9. The first-order chi connectivity index (χ1) is 10.2. The Kier molecular flexibility index (Phi) is 3.80. The highest BCUT2D eigenvalue weighted by atomic mass is 16.5. The Bertz CT molecular complexity index is 662. The summed E-state index contributed by atoms with van der Waals surface area (Å²) < 4.78 is 5.57. The first-order valence-corrected chi connectivity index (χ1v) is 7.30. The molecule has 2 unspecified atom stereocenters. The Morgan fingerprint density at radius 1 is 1.33 bits per heavy atom. The van der Waals surface area contributed by atoms with Gasteiger partial charge in [0.05, 0.1) is 17.7 Å². The van der Waals surface area contributed by atoms with Crippen LogP contribution in [0.5, 0.6) is 5.75 Å². The van der Waals surface area contributed by atoms with Crippen molar-refractivity contribution in [1.82, 2.24) is 5.32 Å². The van der Waals surface area contributed by atoms with Crippen LogP contribution in [0.1, 0.15) is 30.1 Å². The van der Waals surface area contributed by atoms with Crippen molar-refractivity contribution >= 4 is 16.7 Å². The van der Waals surface area contributed by atoms with Crippen LogP contribution < -0.4 is 5.32 Å². The summed E-state index contributed by atoms with van der Waals surface area (Å²) in [5.74, 6) is -0.230. The molecule has 0 aliphatic carbocycles. The van der Waals surface area contributed by atoms with Crippen molar-refractivity contribution in [3.05, 3.63) is 42.0 Å². The highest BCUT2D eigenvalue weighted by Gasteiger charge is 2.25. The Balaban J connectivity index is 1.82. The van der Waals surface area contributed by atoms with Gasteiger partial charge in [-0.25, -0.2) is 0 Å². The van der Waals surface area contributed by atoms with Crippen LogP contribution in [0.3, 0.4) is 0 Å². The maximum Gasteiger partial charge on any atom is 0.255 e. The molecule has 0 aromatic heterocycles. The largest absolute Gasteiger partial charge is 0.506 e. The predicted octanol–water partition coefficient (Wildman–Crippen LogP) is 2.84. The quantitative estimate of drug-likeness (QED) is 0.911. The molecule has 1 heterocycles. The Morgan fingerprint density at radius 2 is 2.14 bits per heavy atom. The minimum atomic E-state index is -0.263. The van der Waals surface area contributed by atoms with E-state index >= 15 is 0 Å². The molecular formula is C17H19NO3. The number of hydrogen-bond donors (Lipinski definition) is 2. The number of carbonyl (C=O) groups is 1. The lowest BCUT2D eigenvalue weighted by Crippen LogP contribution is -2.40. The van der Waals surface area contributed by atoms with Crippen LogP contribution in [0, 0.1) is 0 Å². The number of rotatable bonds is 3. The number of ether oxygens (including phenoxy) is 1. The van der Waals surface area contributed by atoms with Crippen molar-refractivity contribution < 1.29 is 14.6 Å². The van der Waals surface area contributed by atoms with Crippen LogP contribution in [0.15, 0.2) is 36.4 Å². The molecule has 4 heteroatoms. The van der Waals surface area contributed by atoms with E-state index in [0.717, 1.165) is 24.8 Å². The standard InChI is InChI=1S/C17H19NO3/c1-11(15-7-4-10-21-15)18-17(20)14-9-8-12-5-2-3-6-13(12)16(14)19/h2-3,5-6,8-9,11,15,19H,4,7,10H2,1H3,(H,18,20). The van der Waals surface area contributed by atoms with Crippen molar-refractivity contribution in [2.45, 2.75) is 31.9 Å². The van der Waals surface area contributed by atoms with E-state index in [4.69, 9.17) is 4.74 Å². The van der Waals surface area contributed by atoms with E-state index in [1.165, 1.54) is 0 Å². The average molecular weight is 285 g/mol. The molecule has 21 heavy (non-hydrogen) atoms. The first-order valence-electron chi connectivity index (χ1n) is 7.30. The van der Waals surface area contributed by atoms with Crippen molar-refractivity contribution in [2.75, 3.05) is 6.61 Å². The van der Waals surface area contributed by atoms with Crippen LogP contribution >= 0.6 is 0 Å². The van der Waals surface area contributed by atoms with E-state index in [2.05, 4.69) is 5.32 Å². The number of hydrogen-bond acceptors (Lipinski definition) is 3. The molecule has 3 rings (SSSR count). The van der Waals surface area contributed by atoms with E-state index in [0.29, 0.717) is 10.9 Å². The Morgan fingerprint density at radius 3 is 2.90 bits per heavy atom.